The van der Waals surface area contributed by atoms with E-state index in [1.165, 1.54) is 12.7 Å². The zero-order chi connectivity index (χ0) is 30.5. The van der Waals surface area contributed by atoms with Crippen LogP contribution in [-0.2, 0) is 25.5 Å². The first-order valence-corrected chi connectivity index (χ1v) is 15.2. The maximum Gasteiger partial charge on any atom is 0.249 e. The van der Waals surface area contributed by atoms with Crippen molar-refractivity contribution in [1.29, 1.82) is 0 Å². The van der Waals surface area contributed by atoms with E-state index in [0.29, 0.717) is 12.0 Å². The van der Waals surface area contributed by atoms with Gasteiger partial charge in [-0.3, -0.25) is 9.59 Å². The number of primary amides is 1. The van der Waals surface area contributed by atoms with Crippen molar-refractivity contribution in [3.05, 3.63) is 48.7 Å². The van der Waals surface area contributed by atoms with E-state index in [2.05, 4.69) is 72.5 Å². The van der Waals surface area contributed by atoms with Crippen LogP contribution >= 0.6 is 0 Å². The minimum Gasteiger partial charge on any atom is -0.381 e. The first-order valence-electron chi connectivity index (χ1n) is 15.2. The Hall–Kier alpha value is -2.42. The zero-order valence-electron chi connectivity index (χ0n) is 26.5. The van der Waals surface area contributed by atoms with Gasteiger partial charge in [-0.15, -0.1) is 0 Å². The average molecular weight is 573 g/mol. The molecule has 0 radical (unpaired) electrons. The number of carbonyl (C=O) groups is 2. The first kappa shape index (κ1) is 34.8. The summed E-state index contributed by atoms with van der Waals surface area (Å²) >= 11 is 0. The van der Waals surface area contributed by atoms with Crippen LogP contribution in [0.3, 0.4) is 0 Å². The Labute approximate surface area is 249 Å². The quantitative estimate of drug-likeness (QED) is 0.312. The predicted molar refractivity (Wildman–Crippen MR) is 166 cm³/mol. The standard InChI is InChI=1S/C28H45N3O2.C5H11NO2/c1-5-30(17-9-12-25-10-7-6-8-11-25)27-13-16-28(20-27,31(23-32)24(2)3)22-29(4)21-26-14-18-33-19-15-26;1-5(2,8-3)4(6)7/h5-8,10-11,23-24,26-27H,1,9,12-22H2,2-4H3;1-3H3,(H2,6,7). The van der Waals surface area contributed by atoms with Crippen molar-refractivity contribution in [1.82, 2.24) is 14.7 Å². The second-order valence-corrected chi connectivity index (χ2v) is 12.6. The zero-order valence-corrected chi connectivity index (χ0v) is 26.5. The average Bonchev–Trinajstić information content (AvgIpc) is 3.36. The van der Waals surface area contributed by atoms with Crippen LogP contribution in [0.2, 0.25) is 0 Å². The van der Waals surface area contributed by atoms with E-state index in [9.17, 15) is 9.59 Å². The lowest BCUT2D eigenvalue weighted by molar-refractivity contribution is -0.135. The summed E-state index contributed by atoms with van der Waals surface area (Å²) in [7, 11) is 3.68. The second kappa shape index (κ2) is 16.9. The number of methoxy groups -OCH3 is 1. The Kier molecular flexibility index (Phi) is 14.3. The van der Waals surface area contributed by atoms with E-state index in [4.69, 9.17) is 15.2 Å². The number of ether oxygens (including phenoxy) is 2. The molecule has 1 saturated carbocycles. The van der Waals surface area contributed by atoms with Gasteiger partial charge in [0.15, 0.2) is 0 Å². The molecular weight excluding hydrogens is 516 g/mol. The van der Waals surface area contributed by atoms with E-state index < -0.39 is 11.5 Å². The number of aryl methyl sites for hydroxylation is 1. The van der Waals surface area contributed by atoms with Crippen LogP contribution in [0, 0.1) is 5.92 Å². The highest BCUT2D eigenvalue weighted by Crippen LogP contribution is 2.39. The number of hydrogen-bond acceptors (Lipinski definition) is 6. The van der Waals surface area contributed by atoms with Crippen molar-refractivity contribution in [2.24, 2.45) is 11.7 Å². The summed E-state index contributed by atoms with van der Waals surface area (Å²) in [5.41, 5.74) is 5.38. The number of amides is 2. The smallest absolute Gasteiger partial charge is 0.249 e. The number of nitrogens with zero attached hydrogens (tertiary/aromatic N) is 3. The van der Waals surface area contributed by atoms with Gasteiger partial charge in [-0.2, -0.15) is 0 Å². The van der Waals surface area contributed by atoms with Crippen molar-refractivity contribution < 1.29 is 19.1 Å². The maximum atomic E-state index is 12.2. The normalized spacial score (nSPS) is 21.3. The number of hydrogen-bond donors (Lipinski definition) is 1. The summed E-state index contributed by atoms with van der Waals surface area (Å²) in [5.74, 6) is 0.254. The largest absolute Gasteiger partial charge is 0.381 e. The Morgan fingerprint density at radius 3 is 2.39 bits per heavy atom. The fraction of sp³-hybridized carbons (Fsp3) is 0.697. The van der Waals surface area contributed by atoms with Gasteiger partial charge in [0.05, 0.1) is 5.54 Å². The summed E-state index contributed by atoms with van der Waals surface area (Å²) in [6.07, 6.45) is 10.8. The third kappa shape index (κ3) is 10.7. The lowest BCUT2D eigenvalue weighted by Gasteiger charge is -2.45. The summed E-state index contributed by atoms with van der Waals surface area (Å²) < 4.78 is 10.3. The molecule has 1 heterocycles. The fourth-order valence-electron chi connectivity index (χ4n) is 6.17. The van der Waals surface area contributed by atoms with Crippen molar-refractivity contribution in [2.75, 3.05) is 47.0 Å². The summed E-state index contributed by atoms with van der Waals surface area (Å²) in [5, 5.41) is 0. The highest BCUT2D eigenvalue weighted by atomic mass is 16.5. The van der Waals surface area contributed by atoms with Gasteiger partial charge in [-0.25, -0.2) is 0 Å². The number of nitrogens with two attached hydrogens (primary N) is 1. The molecule has 8 nitrogen and oxygen atoms in total. The number of likely N-dealkylation sites (N-methyl/N-ethyl adjacent to an activating group) is 1. The van der Waals surface area contributed by atoms with Crippen molar-refractivity contribution in [3.63, 3.8) is 0 Å². The molecule has 2 aliphatic rings. The SMILES string of the molecule is C=CN(CCCc1ccccc1)C1CCC(CN(C)CC2CCOCC2)(N(C=O)C(C)C)C1.COC(C)(C)C(N)=O. The van der Waals surface area contributed by atoms with Gasteiger partial charge in [-0.05, 0) is 97.4 Å². The molecule has 232 valence electrons. The molecule has 0 bridgehead atoms. The van der Waals surface area contributed by atoms with Crippen molar-refractivity contribution in [3.8, 4) is 0 Å². The molecular formula is C33H56N4O4. The number of benzene rings is 1. The van der Waals surface area contributed by atoms with Gasteiger partial charge in [0.1, 0.15) is 5.60 Å². The minimum atomic E-state index is -0.819. The molecule has 0 aromatic heterocycles. The van der Waals surface area contributed by atoms with Gasteiger partial charge in [-0.1, -0.05) is 36.9 Å². The van der Waals surface area contributed by atoms with E-state index >= 15 is 0 Å². The molecule has 0 spiro atoms. The van der Waals surface area contributed by atoms with Gasteiger partial charge in [0, 0.05) is 52.0 Å². The number of carbonyl (C=O) groups excluding carboxylic acids is 2. The summed E-state index contributed by atoms with van der Waals surface area (Å²) in [6, 6.07) is 11.4. The molecule has 2 amide bonds. The van der Waals surface area contributed by atoms with Crippen LogP contribution in [0.25, 0.3) is 0 Å². The first-order chi connectivity index (χ1) is 19.5. The van der Waals surface area contributed by atoms with Gasteiger partial charge in [0.2, 0.25) is 12.3 Å². The Morgan fingerprint density at radius 1 is 1.22 bits per heavy atom. The van der Waals surface area contributed by atoms with Crippen LogP contribution in [0.4, 0.5) is 0 Å². The van der Waals surface area contributed by atoms with E-state index in [1.807, 2.05) is 6.20 Å². The lowest BCUT2D eigenvalue weighted by Crippen LogP contribution is -2.56. The maximum absolute atomic E-state index is 12.2. The molecule has 41 heavy (non-hydrogen) atoms. The van der Waals surface area contributed by atoms with Crippen LogP contribution in [0.15, 0.2) is 43.1 Å². The molecule has 1 aromatic rings. The molecule has 2 N–H and O–H groups in total. The molecule has 2 atom stereocenters. The highest BCUT2D eigenvalue weighted by Gasteiger charge is 2.46. The van der Waals surface area contributed by atoms with E-state index in [-0.39, 0.29) is 11.6 Å². The topological polar surface area (TPSA) is 88.3 Å². The summed E-state index contributed by atoms with van der Waals surface area (Å²) in [6.45, 7) is 16.5. The third-order valence-electron chi connectivity index (χ3n) is 8.78. The van der Waals surface area contributed by atoms with E-state index in [1.54, 1.807) is 13.8 Å². The second-order valence-electron chi connectivity index (χ2n) is 12.6. The van der Waals surface area contributed by atoms with Crippen molar-refractivity contribution >= 4 is 12.3 Å². The van der Waals surface area contributed by atoms with E-state index in [0.717, 1.165) is 84.2 Å². The molecule has 2 fully saturated rings. The highest BCUT2D eigenvalue weighted by molar-refractivity contribution is 5.82. The molecule has 1 aromatic carbocycles. The molecule has 1 aliphatic heterocycles. The number of rotatable bonds is 15. The molecule has 1 aliphatic carbocycles. The predicted octanol–water partition coefficient (Wildman–Crippen LogP) is 4.48. The summed E-state index contributed by atoms with van der Waals surface area (Å²) in [4.78, 5) is 29.6. The monoisotopic (exact) mass is 572 g/mol. The Balaban J connectivity index is 0.000000642. The lowest BCUT2D eigenvalue weighted by atomic mass is 9.91. The van der Waals surface area contributed by atoms with Gasteiger partial charge >= 0.3 is 0 Å². The molecule has 1 saturated heterocycles. The Bertz CT molecular complexity index is 919. The fourth-order valence-corrected chi connectivity index (χ4v) is 6.17. The van der Waals surface area contributed by atoms with Crippen LogP contribution < -0.4 is 5.73 Å². The van der Waals surface area contributed by atoms with Crippen LogP contribution in [0.5, 0.6) is 0 Å². The third-order valence-corrected chi connectivity index (χ3v) is 8.78. The Morgan fingerprint density at radius 2 is 1.88 bits per heavy atom. The molecule has 8 heteroatoms. The van der Waals surface area contributed by atoms with Crippen LogP contribution in [0.1, 0.15) is 71.8 Å². The van der Waals surface area contributed by atoms with Crippen LogP contribution in [-0.4, -0.2) is 97.2 Å². The molecule has 3 rings (SSSR count). The van der Waals surface area contributed by atoms with Gasteiger partial charge < -0.3 is 29.9 Å². The minimum absolute atomic E-state index is 0.110. The van der Waals surface area contributed by atoms with Crippen molar-refractivity contribution in [2.45, 2.75) is 95.9 Å². The van der Waals surface area contributed by atoms with Gasteiger partial charge in [0.25, 0.3) is 0 Å². The molecule has 2 unspecified atom stereocenters.